The Morgan fingerprint density at radius 2 is 1.45 bits per heavy atom. The fourth-order valence-corrected chi connectivity index (χ4v) is 3.68. The lowest BCUT2D eigenvalue weighted by Gasteiger charge is -2.28. The van der Waals surface area contributed by atoms with Crippen LogP contribution < -0.4 is 21.7 Å². The van der Waals surface area contributed by atoms with E-state index in [-0.39, 0.29) is 43.3 Å². The van der Waals surface area contributed by atoms with Crippen molar-refractivity contribution in [3.63, 3.8) is 0 Å². The van der Waals surface area contributed by atoms with Crippen LogP contribution >= 0.6 is 0 Å². The molecule has 1 rings (SSSR count). The van der Waals surface area contributed by atoms with E-state index < -0.39 is 53.8 Å². The van der Waals surface area contributed by atoms with Gasteiger partial charge in [-0.2, -0.15) is 0 Å². The third-order valence-electron chi connectivity index (χ3n) is 6.13. The second kappa shape index (κ2) is 15.6. The van der Waals surface area contributed by atoms with E-state index in [2.05, 4.69) is 16.0 Å². The zero-order valence-electron chi connectivity index (χ0n) is 22.3. The smallest absolute Gasteiger partial charge is 0.326 e. The second-order valence-corrected chi connectivity index (χ2v) is 9.87. The zero-order valence-corrected chi connectivity index (χ0v) is 22.3. The molecule has 0 fully saturated rings. The lowest BCUT2D eigenvalue weighted by atomic mass is 9.96. The molecule has 8 N–H and O–H groups in total. The van der Waals surface area contributed by atoms with Crippen LogP contribution in [0, 0.1) is 11.8 Å². The SMILES string of the molecule is CCC(C)C(NC(=O)C(Cc1ccc(O)cc1)NC(=O)C(N)CCC(=O)O)C(=O)NC(CC(C)C)C(=O)O. The first kappa shape index (κ1) is 32.4. The molecular weight excluding hydrogens is 496 g/mol. The van der Waals surface area contributed by atoms with Gasteiger partial charge in [0.15, 0.2) is 0 Å². The van der Waals surface area contributed by atoms with Gasteiger partial charge in [0.1, 0.15) is 23.9 Å². The van der Waals surface area contributed by atoms with Crippen molar-refractivity contribution in [2.45, 2.75) is 84.0 Å². The molecule has 0 aliphatic heterocycles. The maximum atomic E-state index is 13.4. The van der Waals surface area contributed by atoms with Gasteiger partial charge in [-0.15, -0.1) is 0 Å². The highest BCUT2D eigenvalue weighted by molar-refractivity contribution is 5.94. The molecule has 5 atom stereocenters. The average molecular weight is 537 g/mol. The summed E-state index contributed by atoms with van der Waals surface area (Å²) in [6, 6.07) is 1.38. The van der Waals surface area contributed by atoms with E-state index in [1.165, 1.54) is 12.1 Å². The molecule has 212 valence electrons. The van der Waals surface area contributed by atoms with E-state index in [0.717, 1.165) is 0 Å². The Hall–Kier alpha value is -3.67. The number of benzene rings is 1. The summed E-state index contributed by atoms with van der Waals surface area (Å²) in [6.45, 7) is 7.21. The molecule has 0 heterocycles. The van der Waals surface area contributed by atoms with Gasteiger partial charge in [-0.1, -0.05) is 46.2 Å². The van der Waals surface area contributed by atoms with Crippen LogP contribution in [0.1, 0.15) is 58.9 Å². The molecule has 12 heteroatoms. The monoisotopic (exact) mass is 536 g/mol. The van der Waals surface area contributed by atoms with Gasteiger partial charge < -0.3 is 37.0 Å². The molecule has 0 spiro atoms. The first-order valence-electron chi connectivity index (χ1n) is 12.6. The van der Waals surface area contributed by atoms with Crippen LogP contribution in [0.25, 0.3) is 0 Å². The Bertz CT molecular complexity index is 966. The number of carbonyl (C=O) groups excluding carboxylic acids is 3. The standard InChI is InChI=1S/C26H40N4O8/c1-5-15(4)22(25(36)29-20(26(37)38)12-14(2)3)30-24(35)19(13-16-6-8-17(31)9-7-16)28-23(34)18(27)10-11-21(32)33/h6-9,14-15,18-20,22,31H,5,10-13,27H2,1-4H3,(H,28,34)(H,29,36)(H,30,35)(H,32,33)(H,37,38). The predicted octanol–water partition coefficient (Wildman–Crippen LogP) is 0.758. The number of aliphatic carboxylic acids is 2. The topological polar surface area (TPSA) is 208 Å². The molecular formula is C26H40N4O8. The van der Waals surface area contributed by atoms with Gasteiger partial charge in [-0.3, -0.25) is 19.2 Å². The maximum absolute atomic E-state index is 13.4. The number of hydrogen-bond donors (Lipinski definition) is 7. The zero-order chi connectivity index (χ0) is 29.0. The lowest BCUT2D eigenvalue weighted by Crippen LogP contribution is -2.59. The molecule has 0 saturated carbocycles. The second-order valence-electron chi connectivity index (χ2n) is 9.87. The molecule has 1 aromatic carbocycles. The third-order valence-corrected chi connectivity index (χ3v) is 6.13. The Labute approximate surface area is 222 Å². The normalized spacial score (nSPS) is 15.0. The summed E-state index contributed by atoms with van der Waals surface area (Å²) < 4.78 is 0. The highest BCUT2D eigenvalue weighted by atomic mass is 16.4. The molecule has 0 aliphatic rings. The number of carbonyl (C=O) groups is 5. The molecule has 5 unspecified atom stereocenters. The van der Waals surface area contributed by atoms with Crippen LogP contribution in [0.2, 0.25) is 0 Å². The fraction of sp³-hybridized carbons (Fsp3) is 0.577. The fourth-order valence-electron chi connectivity index (χ4n) is 3.68. The number of hydrogen-bond acceptors (Lipinski definition) is 7. The number of amides is 3. The largest absolute Gasteiger partial charge is 0.508 e. The molecule has 0 saturated heterocycles. The molecule has 0 aliphatic carbocycles. The number of nitrogens with one attached hydrogen (secondary N) is 3. The van der Waals surface area contributed by atoms with Crippen molar-refractivity contribution in [2.24, 2.45) is 17.6 Å². The van der Waals surface area contributed by atoms with E-state index in [4.69, 9.17) is 10.8 Å². The summed E-state index contributed by atoms with van der Waals surface area (Å²) in [6.07, 6.45) is 0.217. The van der Waals surface area contributed by atoms with Crippen LogP contribution in [0.15, 0.2) is 24.3 Å². The van der Waals surface area contributed by atoms with Crippen LogP contribution in [0.3, 0.4) is 0 Å². The van der Waals surface area contributed by atoms with E-state index in [1.807, 2.05) is 20.8 Å². The highest BCUT2D eigenvalue weighted by Crippen LogP contribution is 2.14. The molecule has 3 amide bonds. The Kier molecular flexibility index (Phi) is 13.2. The van der Waals surface area contributed by atoms with Gasteiger partial charge in [-0.05, 0) is 42.4 Å². The molecule has 1 aromatic rings. The van der Waals surface area contributed by atoms with Crippen molar-refractivity contribution in [3.8, 4) is 5.75 Å². The van der Waals surface area contributed by atoms with E-state index in [0.29, 0.717) is 12.0 Å². The number of rotatable bonds is 16. The Balaban J connectivity index is 3.15. The van der Waals surface area contributed by atoms with Crippen molar-refractivity contribution in [1.82, 2.24) is 16.0 Å². The van der Waals surface area contributed by atoms with Crippen molar-refractivity contribution >= 4 is 29.7 Å². The van der Waals surface area contributed by atoms with Crippen LogP contribution in [-0.4, -0.2) is 69.1 Å². The van der Waals surface area contributed by atoms with Gasteiger partial charge in [0, 0.05) is 12.8 Å². The minimum atomic E-state index is -1.19. The molecule has 38 heavy (non-hydrogen) atoms. The quantitative estimate of drug-likeness (QED) is 0.159. The van der Waals surface area contributed by atoms with Crippen molar-refractivity contribution < 1.29 is 39.3 Å². The number of nitrogens with two attached hydrogens (primary N) is 1. The third kappa shape index (κ3) is 11.2. The van der Waals surface area contributed by atoms with Gasteiger partial charge in [0.2, 0.25) is 17.7 Å². The lowest BCUT2D eigenvalue weighted by molar-refractivity contribution is -0.143. The summed E-state index contributed by atoms with van der Waals surface area (Å²) in [4.78, 5) is 61.6. The van der Waals surface area contributed by atoms with Crippen LogP contribution in [0.4, 0.5) is 0 Å². The maximum Gasteiger partial charge on any atom is 0.326 e. The van der Waals surface area contributed by atoms with Crippen LogP contribution in [-0.2, 0) is 30.4 Å². The summed E-state index contributed by atoms with van der Waals surface area (Å²) in [5.74, 6) is -4.75. The summed E-state index contributed by atoms with van der Waals surface area (Å²) >= 11 is 0. The number of aromatic hydroxyl groups is 1. The minimum absolute atomic E-state index is 0.00303. The highest BCUT2D eigenvalue weighted by Gasteiger charge is 2.33. The van der Waals surface area contributed by atoms with Gasteiger partial charge >= 0.3 is 11.9 Å². The van der Waals surface area contributed by atoms with E-state index in [9.17, 15) is 34.2 Å². The minimum Gasteiger partial charge on any atom is -0.508 e. The van der Waals surface area contributed by atoms with Crippen molar-refractivity contribution in [2.75, 3.05) is 0 Å². The summed E-state index contributed by atoms with van der Waals surface area (Å²) in [5, 5.41) is 35.6. The first-order chi connectivity index (χ1) is 17.7. The van der Waals surface area contributed by atoms with Gasteiger partial charge in [0.05, 0.1) is 6.04 Å². The Morgan fingerprint density at radius 3 is 1.95 bits per heavy atom. The number of carboxylic acid groups (broad SMARTS) is 2. The number of carboxylic acids is 2. The molecule has 0 aromatic heterocycles. The van der Waals surface area contributed by atoms with E-state index >= 15 is 0 Å². The summed E-state index contributed by atoms with van der Waals surface area (Å²) in [7, 11) is 0. The van der Waals surface area contributed by atoms with Gasteiger partial charge in [0.25, 0.3) is 0 Å². The van der Waals surface area contributed by atoms with Crippen molar-refractivity contribution in [1.29, 1.82) is 0 Å². The molecule has 0 radical (unpaired) electrons. The Morgan fingerprint density at radius 1 is 0.868 bits per heavy atom. The molecule has 12 nitrogen and oxygen atoms in total. The average Bonchev–Trinajstić information content (AvgIpc) is 2.84. The van der Waals surface area contributed by atoms with Crippen molar-refractivity contribution in [3.05, 3.63) is 29.8 Å². The van der Waals surface area contributed by atoms with Crippen LogP contribution in [0.5, 0.6) is 5.75 Å². The van der Waals surface area contributed by atoms with Gasteiger partial charge in [-0.25, -0.2) is 4.79 Å². The number of phenolic OH excluding ortho intramolecular Hbond substituents is 1. The first-order valence-corrected chi connectivity index (χ1v) is 12.6. The molecule has 0 bridgehead atoms. The predicted molar refractivity (Wildman–Crippen MR) is 139 cm³/mol. The summed E-state index contributed by atoms with van der Waals surface area (Å²) in [5.41, 5.74) is 6.40. The number of phenols is 1. The van der Waals surface area contributed by atoms with E-state index in [1.54, 1.807) is 19.1 Å².